The van der Waals surface area contributed by atoms with Gasteiger partial charge in [-0.2, -0.15) is 0 Å². The zero-order valence-corrected chi connectivity index (χ0v) is 9.64. The lowest BCUT2D eigenvalue weighted by Crippen LogP contribution is -2.53. The predicted molar refractivity (Wildman–Crippen MR) is 52.3 cm³/mol. The smallest absolute Gasteiger partial charge is 0.469 e. The topological polar surface area (TPSA) is 136 Å². The van der Waals surface area contributed by atoms with E-state index in [1.165, 1.54) is 0 Å². The Balaban J connectivity index is 5.13. The average Bonchev–Trinajstić information content (AvgIpc) is 2.35. The van der Waals surface area contributed by atoms with Gasteiger partial charge in [-0.05, 0) is 13.8 Å². The van der Waals surface area contributed by atoms with Crippen LogP contribution >= 0.6 is 0 Å². The molecule has 0 aliphatic heterocycles. The maximum atomic E-state index is 11.4. The number of rotatable bonds is 8. The molecule has 0 aromatic heterocycles. The minimum Gasteiger partial charge on any atom is -0.592 e. The summed E-state index contributed by atoms with van der Waals surface area (Å²) in [6, 6.07) is 0. The molecule has 0 fully saturated rings. The second kappa shape index (κ2) is 7.57. The molecule has 0 atom stereocenters. The molecule has 10 nitrogen and oxygen atoms in total. The number of nitrogens with zero attached hydrogens (tertiary/aromatic N) is 4. The largest absolute Gasteiger partial charge is 0.592 e. The Morgan fingerprint density at radius 3 is 1.59 bits per heavy atom. The first-order chi connectivity index (χ1) is 8.08. The molecule has 17 heavy (non-hydrogen) atoms. The summed E-state index contributed by atoms with van der Waals surface area (Å²) in [5.41, 5.74) is -2.32. The lowest BCUT2D eigenvalue weighted by Gasteiger charge is -2.19. The zero-order valence-electron chi connectivity index (χ0n) is 9.64. The van der Waals surface area contributed by atoms with E-state index in [9.17, 15) is 10.4 Å². The normalized spacial score (nSPS) is 13.6. The van der Waals surface area contributed by atoms with E-state index in [0.717, 1.165) is 0 Å². The van der Waals surface area contributed by atoms with Crippen molar-refractivity contribution >= 4 is 0 Å². The van der Waals surface area contributed by atoms with Crippen LogP contribution in [0, 0.1) is 10.4 Å². The molecule has 0 aromatic rings. The van der Waals surface area contributed by atoms with Crippen molar-refractivity contribution in [1.29, 1.82) is 0 Å². The van der Waals surface area contributed by atoms with Crippen LogP contribution in [0.1, 0.15) is 13.8 Å². The van der Waals surface area contributed by atoms with Gasteiger partial charge in [0.2, 0.25) is 10.6 Å². The summed E-state index contributed by atoms with van der Waals surface area (Å²) in [6.07, 6.45) is 0. The highest BCUT2D eigenvalue weighted by Crippen LogP contribution is 2.12. The van der Waals surface area contributed by atoms with E-state index in [-0.39, 0.29) is 22.9 Å². The second-order valence-corrected chi connectivity index (χ2v) is 2.84. The monoisotopic (exact) mass is 252 g/mol. The second-order valence-electron chi connectivity index (χ2n) is 2.84. The van der Waals surface area contributed by atoms with Crippen LogP contribution in [0.15, 0.2) is 10.6 Å². The molecule has 0 bridgehead atoms. The van der Waals surface area contributed by atoms with Gasteiger partial charge >= 0.3 is 5.66 Å². The van der Waals surface area contributed by atoms with E-state index in [0.29, 0.717) is 0 Å². The van der Waals surface area contributed by atoms with Gasteiger partial charge < -0.3 is 30.3 Å². The molecule has 100 valence electrons. The number of aliphatic hydroxyl groups is 2. The summed E-state index contributed by atoms with van der Waals surface area (Å²) >= 11 is 0. The molecular formula is C7H16N4O6. The molecule has 0 saturated carbocycles. The van der Waals surface area contributed by atoms with Gasteiger partial charge in [0.05, 0.1) is 0 Å². The summed E-state index contributed by atoms with van der Waals surface area (Å²) in [7, 11) is 0. The van der Waals surface area contributed by atoms with Crippen LogP contribution in [-0.4, -0.2) is 52.0 Å². The van der Waals surface area contributed by atoms with Crippen molar-refractivity contribution in [3.05, 3.63) is 10.4 Å². The minimum atomic E-state index is -2.32. The SMILES string of the molecule is CCON=[N+]([O-])C(CO)(CO)[N+]([O-])=NOCC. The zero-order chi connectivity index (χ0) is 13.3. The number of hydrogen-bond donors (Lipinski definition) is 2. The minimum absolute atomic E-state index is 0.0904. The molecule has 0 aliphatic carbocycles. The molecular weight excluding hydrogens is 236 g/mol. The van der Waals surface area contributed by atoms with Gasteiger partial charge in [0.15, 0.2) is 13.2 Å². The summed E-state index contributed by atoms with van der Waals surface area (Å²) in [4.78, 5) is 8.34. The Kier molecular flexibility index (Phi) is 6.82. The molecule has 0 aromatic carbocycles. The third-order valence-corrected chi connectivity index (χ3v) is 1.74. The van der Waals surface area contributed by atoms with Gasteiger partial charge in [0.1, 0.15) is 13.2 Å². The summed E-state index contributed by atoms with van der Waals surface area (Å²) in [6.45, 7) is 1.29. The fraction of sp³-hybridized carbons (Fsp3) is 1.00. The fourth-order valence-corrected chi connectivity index (χ4v) is 0.737. The maximum Gasteiger partial charge on any atom is 0.469 e. The predicted octanol–water partition coefficient (Wildman–Crippen LogP) is -0.505. The molecule has 0 saturated heterocycles. The van der Waals surface area contributed by atoms with Crippen LogP contribution in [0.25, 0.3) is 0 Å². The van der Waals surface area contributed by atoms with Crippen LogP contribution in [-0.2, 0) is 9.68 Å². The highest BCUT2D eigenvalue weighted by atomic mass is 16.7. The molecule has 0 rings (SSSR count). The van der Waals surface area contributed by atoms with Gasteiger partial charge in [-0.25, -0.2) is 0 Å². The van der Waals surface area contributed by atoms with E-state index in [2.05, 4.69) is 20.2 Å². The molecule has 2 N–H and O–H groups in total. The van der Waals surface area contributed by atoms with Crippen molar-refractivity contribution < 1.29 is 29.6 Å². The van der Waals surface area contributed by atoms with Crippen molar-refractivity contribution in [1.82, 2.24) is 0 Å². The number of aliphatic hydroxyl groups excluding tert-OH is 2. The van der Waals surface area contributed by atoms with Gasteiger partial charge in [-0.15, -0.1) is 0 Å². The first-order valence-corrected chi connectivity index (χ1v) is 4.91. The van der Waals surface area contributed by atoms with Crippen LogP contribution in [0.4, 0.5) is 0 Å². The van der Waals surface area contributed by atoms with E-state index in [4.69, 9.17) is 10.2 Å². The third-order valence-electron chi connectivity index (χ3n) is 1.74. The molecule has 0 heterocycles. The lowest BCUT2D eigenvalue weighted by atomic mass is 10.2. The highest BCUT2D eigenvalue weighted by molar-refractivity contribution is 4.61. The van der Waals surface area contributed by atoms with E-state index in [1.807, 2.05) is 0 Å². The van der Waals surface area contributed by atoms with E-state index in [1.54, 1.807) is 13.8 Å². The molecule has 0 unspecified atom stereocenters. The fourth-order valence-electron chi connectivity index (χ4n) is 0.737. The van der Waals surface area contributed by atoms with Gasteiger partial charge in [0, 0.05) is 9.72 Å². The average molecular weight is 252 g/mol. The Hall–Kier alpha value is -1.68. The van der Waals surface area contributed by atoms with E-state index < -0.39 is 18.9 Å². The molecule has 10 heteroatoms. The first kappa shape index (κ1) is 15.3. The van der Waals surface area contributed by atoms with Crippen LogP contribution in [0.2, 0.25) is 0 Å². The number of hydrogen-bond acceptors (Lipinski definition) is 8. The molecule has 0 spiro atoms. The van der Waals surface area contributed by atoms with Crippen molar-refractivity contribution in [2.24, 2.45) is 10.6 Å². The summed E-state index contributed by atoms with van der Waals surface area (Å²) in [5.74, 6) is 0. The summed E-state index contributed by atoms with van der Waals surface area (Å²) in [5, 5.41) is 46.9. The lowest BCUT2D eigenvalue weighted by molar-refractivity contribution is -0.849. The quantitative estimate of drug-likeness (QED) is 0.258. The Labute approximate surface area is 97.5 Å². The maximum absolute atomic E-state index is 11.4. The van der Waals surface area contributed by atoms with Crippen molar-refractivity contribution in [2.45, 2.75) is 19.5 Å². The third kappa shape index (κ3) is 3.67. The summed E-state index contributed by atoms with van der Waals surface area (Å²) < 4.78 is 0. The van der Waals surface area contributed by atoms with Gasteiger partial charge in [0.25, 0.3) is 0 Å². The van der Waals surface area contributed by atoms with Gasteiger partial charge in [-0.1, -0.05) is 0 Å². The van der Waals surface area contributed by atoms with E-state index >= 15 is 0 Å². The standard InChI is InChI=1S/C7H16N4O6/c1-3-16-8-10(14)7(5-12,6-13)11(15)9-17-4-2/h12-13H,3-6H2,1-2H3. The van der Waals surface area contributed by atoms with Crippen molar-refractivity contribution in [3.8, 4) is 0 Å². The molecule has 0 amide bonds. The molecule has 0 radical (unpaired) electrons. The molecule has 0 aliphatic rings. The van der Waals surface area contributed by atoms with Gasteiger partial charge in [-0.3, -0.25) is 0 Å². The highest BCUT2D eigenvalue weighted by Gasteiger charge is 2.52. The van der Waals surface area contributed by atoms with Crippen molar-refractivity contribution in [2.75, 3.05) is 26.4 Å². The first-order valence-electron chi connectivity index (χ1n) is 4.91. The van der Waals surface area contributed by atoms with Crippen LogP contribution < -0.4 is 0 Å². The number of hydroxylamine groups is 2. The Morgan fingerprint density at radius 2 is 1.35 bits per heavy atom. The Bertz CT molecular complexity index is 254. The van der Waals surface area contributed by atoms with Crippen molar-refractivity contribution in [3.63, 3.8) is 0 Å². The van der Waals surface area contributed by atoms with Crippen LogP contribution in [0.5, 0.6) is 0 Å². The Morgan fingerprint density at radius 1 is 1.00 bits per heavy atom. The van der Waals surface area contributed by atoms with Crippen LogP contribution in [0.3, 0.4) is 0 Å².